The summed E-state index contributed by atoms with van der Waals surface area (Å²) in [6.07, 6.45) is 1.89. The average molecular weight is 486 g/mol. The van der Waals surface area contributed by atoms with Gasteiger partial charge in [-0.1, -0.05) is 36.2 Å². The number of ether oxygens (including phenoxy) is 1. The molecule has 1 atom stereocenters. The lowest BCUT2D eigenvalue weighted by molar-refractivity contribution is 0.0341. The zero-order valence-corrected chi connectivity index (χ0v) is 20.2. The summed E-state index contributed by atoms with van der Waals surface area (Å²) >= 11 is 0. The van der Waals surface area contributed by atoms with E-state index in [0.29, 0.717) is 56.7 Å². The molecule has 0 aromatic heterocycles. The zero-order valence-electron chi connectivity index (χ0n) is 19.4. The molecule has 1 saturated heterocycles. The minimum atomic E-state index is -3.66. The molecule has 2 aliphatic rings. The van der Waals surface area contributed by atoms with E-state index in [9.17, 15) is 18.0 Å². The molecule has 1 N–H and O–H groups in total. The van der Waals surface area contributed by atoms with Gasteiger partial charge in [-0.05, 0) is 44.0 Å². The number of carbonyl (C=O) groups is 2. The summed E-state index contributed by atoms with van der Waals surface area (Å²) in [7, 11) is -3.66. The van der Waals surface area contributed by atoms with Gasteiger partial charge in [-0.15, -0.1) is 0 Å². The van der Waals surface area contributed by atoms with Crippen LogP contribution < -0.4 is 4.72 Å². The summed E-state index contributed by atoms with van der Waals surface area (Å²) < 4.78 is 34.3. The molecule has 0 bridgehead atoms. The van der Waals surface area contributed by atoms with Crippen LogP contribution in [0.2, 0.25) is 0 Å². The van der Waals surface area contributed by atoms with Crippen molar-refractivity contribution in [2.24, 2.45) is 0 Å². The van der Waals surface area contributed by atoms with Gasteiger partial charge < -0.3 is 4.74 Å². The van der Waals surface area contributed by atoms with Crippen molar-refractivity contribution in [1.82, 2.24) is 14.5 Å². The Balaban J connectivity index is 1.36. The van der Waals surface area contributed by atoms with Crippen molar-refractivity contribution in [1.29, 1.82) is 0 Å². The molecule has 2 aliphatic heterocycles. The number of amides is 2. The van der Waals surface area contributed by atoms with Gasteiger partial charge in [0.25, 0.3) is 11.8 Å². The zero-order chi connectivity index (χ0) is 24.1. The minimum Gasteiger partial charge on any atom is -0.379 e. The number of benzene rings is 2. The standard InChI is InChI=1S/C25H31N3O5S/c1-19-9-11-21(12-10-19)34(31,32)26-20(18-27-14-16-33-17-15-27)6-4-5-13-28-24(29)22-7-2-3-8-23(22)25(28)30/h2-3,7-12,20,26H,4-6,13-18H2,1H3. The van der Waals surface area contributed by atoms with E-state index < -0.39 is 10.0 Å². The number of morpholine rings is 1. The topological polar surface area (TPSA) is 96.0 Å². The minimum absolute atomic E-state index is 0.246. The number of fused-ring (bicyclic) bond motifs is 1. The van der Waals surface area contributed by atoms with Crippen molar-refractivity contribution in [2.75, 3.05) is 39.4 Å². The van der Waals surface area contributed by atoms with Crippen molar-refractivity contribution < 1.29 is 22.7 Å². The van der Waals surface area contributed by atoms with E-state index in [-0.39, 0.29) is 22.8 Å². The Morgan fingerprint density at radius 1 is 0.941 bits per heavy atom. The summed E-state index contributed by atoms with van der Waals surface area (Å²) in [6, 6.07) is 13.4. The third-order valence-electron chi connectivity index (χ3n) is 6.30. The van der Waals surface area contributed by atoms with Crippen LogP contribution in [0.3, 0.4) is 0 Å². The van der Waals surface area contributed by atoms with Gasteiger partial charge in [0.1, 0.15) is 0 Å². The predicted molar refractivity (Wildman–Crippen MR) is 128 cm³/mol. The first-order valence-corrected chi connectivity index (χ1v) is 13.2. The second-order valence-electron chi connectivity index (χ2n) is 8.85. The number of nitrogens with zero attached hydrogens (tertiary/aromatic N) is 2. The van der Waals surface area contributed by atoms with Crippen molar-refractivity contribution in [3.63, 3.8) is 0 Å². The highest BCUT2D eigenvalue weighted by Crippen LogP contribution is 2.23. The smallest absolute Gasteiger partial charge is 0.261 e. The van der Waals surface area contributed by atoms with Crippen LogP contribution in [0.1, 0.15) is 45.5 Å². The highest BCUT2D eigenvalue weighted by atomic mass is 32.2. The summed E-state index contributed by atoms with van der Waals surface area (Å²) in [5.74, 6) is -0.518. The van der Waals surface area contributed by atoms with Crippen LogP contribution in [-0.4, -0.2) is 75.5 Å². The largest absolute Gasteiger partial charge is 0.379 e. The number of hydrogen-bond acceptors (Lipinski definition) is 6. The molecule has 9 heteroatoms. The van der Waals surface area contributed by atoms with E-state index in [1.807, 2.05) is 6.92 Å². The molecule has 182 valence electrons. The molecular formula is C25H31N3O5S. The van der Waals surface area contributed by atoms with Crippen molar-refractivity contribution in [3.05, 3.63) is 65.2 Å². The van der Waals surface area contributed by atoms with E-state index in [2.05, 4.69) is 9.62 Å². The van der Waals surface area contributed by atoms with Crippen LogP contribution in [0.4, 0.5) is 0 Å². The van der Waals surface area contributed by atoms with Crippen LogP contribution in [-0.2, 0) is 14.8 Å². The Hall–Kier alpha value is -2.59. The second-order valence-corrected chi connectivity index (χ2v) is 10.6. The molecule has 1 unspecified atom stereocenters. The molecule has 2 aromatic rings. The average Bonchev–Trinajstić information content (AvgIpc) is 3.07. The summed E-state index contributed by atoms with van der Waals surface area (Å²) in [4.78, 5) is 28.9. The first kappa shape index (κ1) is 24.5. The van der Waals surface area contributed by atoms with E-state index in [1.54, 1.807) is 48.5 Å². The maximum absolute atomic E-state index is 13.0. The summed E-state index contributed by atoms with van der Waals surface area (Å²) in [6.45, 7) is 5.62. The van der Waals surface area contributed by atoms with Gasteiger partial charge in [0.15, 0.2) is 0 Å². The van der Waals surface area contributed by atoms with Crippen LogP contribution in [0.15, 0.2) is 53.4 Å². The Morgan fingerprint density at radius 2 is 1.56 bits per heavy atom. The lowest BCUT2D eigenvalue weighted by Crippen LogP contribution is -2.47. The number of carbonyl (C=O) groups excluding carboxylic acids is 2. The van der Waals surface area contributed by atoms with Gasteiger partial charge in [-0.25, -0.2) is 13.1 Å². The molecular weight excluding hydrogens is 454 g/mol. The molecule has 0 saturated carbocycles. The number of imide groups is 1. The Kier molecular flexibility index (Phi) is 7.77. The SMILES string of the molecule is Cc1ccc(S(=O)(=O)NC(CCCCN2C(=O)c3ccccc3C2=O)CN2CCOCC2)cc1. The maximum Gasteiger partial charge on any atom is 0.261 e. The number of aryl methyl sites for hydroxylation is 1. The monoisotopic (exact) mass is 485 g/mol. The lowest BCUT2D eigenvalue weighted by atomic mass is 10.1. The molecule has 34 heavy (non-hydrogen) atoms. The third-order valence-corrected chi connectivity index (χ3v) is 7.83. The molecule has 8 nitrogen and oxygen atoms in total. The molecule has 4 rings (SSSR count). The highest BCUT2D eigenvalue weighted by molar-refractivity contribution is 7.89. The fraction of sp³-hybridized carbons (Fsp3) is 0.440. The number of hydrogen-bond donors (Lipinski definition) is 1. The Bertz CT molecular complexity index is 1090. The Labute approximate surface area is 200 Å². The van der Waals surface area contributed by atoms with Gasteiger partial charge in [-0.3, -0.25) is 19.4 Å². The first-order chi connectivity index (χ1) is 16.3. The van der Waals surface area contributed by atoms with E-state index in [1.165, 1.54) is 4.90 Å². The first-order valence-electron chi connectivity index (χ1n) is 11.7. The van der Waals surface area contributed by atoms with Crippen LogP contribution in [0, 0.1) is 6.92 Å². The van der Waals surface area contributed by atoms with Crippen molar-refractivity contribution >= 4 is 21.8 Å². The highest BCUT2D eigenvalue weighted by Gasteiger charge is 2.34. The number of nitrogens with one attached hydrogen (secondary N) is 1. The van der Waals surface area contributed by atoms with Gasteiger partial charge in [0.2, 0.25) is 10.0 Å². The normalized spacial score (nSPS) is 17.7. The van der Waals surface area contributed by atoms with Crippen LogP contribution >= 0.6 is 0 Å². The van der Waals surface area contributed by atoms with Crippen LogP contribution in [0.25, 0.3) is 0 Å². The Morgan fingerprint density at radius 3 is 2.18 bits per heavy atom. The molecule has 0 radical (unpaired) electrons. The third kappa shape index (κ3) is 5.72. The van der Waals surface area contributed by atoms with Gasteiger partial charge in [-0.2, -0.15) is 0 Å². The fourth-order valence-electron chi connectivity index (χ4n) is 4.39. The van der Waals surface area contributed by atoms with Gasteiger partial charge in [0.05, 0.1) is 29.2 Å². The predicted octanol–water partition coefficient (Wildman–Crippen LogP) is 2.44. The number of rotatable bonds is 10. The van der Waals surface area contributed by atoms with Gasteiger partial charge in [0, 0.05) is 32.2 Å². The fourth-order valence-corrected chi connectivity index (χ4v) is 5.65. The second kappa shape index (κ2) is 10.8. The molecule has 0 spiro atoms. The van der Waals surface area contributed by atoms with E-state index in [0.717, 1.165) is 18.7 Å². The lowest BCUT2D eigenvalue weighted by Gasteiger charge is -2.31. The van der Waals surface area contributed by atoms with Crippen molar-refractivity contribution in [2.45, 2.75) is 37.1 Å². The quantitative estimate of drug-likeness (QED) is 0.410. The summed E-state index contributed by atoms with van der Waals surface area (Å²) in [5, 5.41) is 0. The molecule has 1 fully saturated rings. The van der Waals surface area contributed by atoms with E-state index >= 15 is 0 Å². The molecule has 2 heterocycles. The maximum atomic E-state index is 13.0. The van der Waals surface area contributed by atoms with E-state index in [4.69, 9.17) is 4.74 Å². The van der Waals surface area contributed by atoms with Crippen LogP contribution in [0.5, 0.6) is 0 Å². The number of sulfonamides is 1. The molecule has 0 aliphatic carbocycles. The summed E-state index contributed by atoms with van der Waals surface area (Å²) in [5.41, 5.74) is 1.89. The number of unbranched alkanes of at least 4 members (excludes halogenated alkanes) is 1. The van der Waals surface area contributed by atoms with Crippen molar-refractivity contribution in [3.8, 4) is 0 Å². The van der Waals surface area contributed by atoms with Gasteiger partial charge >= 0.3 is 0 Å². The molecule has 2 aromatic carbocycles. The molecule has 2 amide bonds.